The van der Waals surface area contributed by atoms with Gasteiger partial charge in [-0.3, -0.25) is 0 Å². The average molecular weight is 375 g/mol. The number of rotatable bonds is 5. The van der Waals surface area contributed by atoms with E-state index in [1.165, 1.54) is 12.1 Å². The standard InChI is InChI=1S/C11H14BrCl2NO2S/c1-7(12)5-8(2)15-18(16,17)11-6-9(13)3-4-10(11)14/h3-4,6-8,15H,5H2,1-2H3. The summed E-state index contributed by atoms with van der Waals surface area (Å²) in [6.45, 7) is 3.75. The van der Waals surface area contributed by atoms with Gasteiger partial charge in [-0.2, -0.15) is 0 Å². The van der Waals surface area contributed by atoms with Gasteiger partial charge in [-0.15, -0.1) is 0 Å². The molecule has 1 N–H and O–H groups in total. The number of hydrogen-bond donors (Lipinski definition) is 1. The minimum Gasteiger partial charge on any atom is -0.208 e. The fraction of sp³-hybridized carbons (Fsp3) is 0.455. The van der Waals surface area contributed by atoms with Gasteiger partial charge in [0.2, 0.25) is 10.0 Å². The molecule has 1 rings (SSSR count). The first kappa shape index (κ1) is 16.2. The third kappa shape index (κ3) is 4.70. The Morgan fingerprint density at radius 1 is 1.33 bits per heavy atom. The first-order valence-corrected chi connectivity index (χ1v) is 8.49. The Morgan fingerprint density at radius 3 is 2.50 bits per heavy atom. The predicted molar refractivity (Wildman–Crippen MR) is 79.3 cm³/mol. The summed E-state index contributed by atoms with van der Waals surface area (Å²) in [6.07, 6.45) is 0.678. The normalized spacial score (nSPS) is 15.4. The van der Waals surface area contributed by atoms with E-state index >= 15 is 0 Å². The van der Waals surface area contributed by atoms with Gasteiger partial charge in [0.25, 0.3) is 0 Å². The van der Waals surface area contributed by atoms with Gasteiger partial charge in [0, 0.05) is 15.9 Å². The second-order valence-corrected chi connectivity index (χ2v) is 8.20. The van der Waals surface area contributed by atoms with Gasteiger partial charge in [0.15, 0.2) is 0 Å². The van der Waals surface area contributed by atoms with Gasteiger partial charge in [0.1, 0.15) is 4.90 Å². The van der Waals surface area contributed by atoms with Crippen LogP contribution in [0.2, 0.25) is 10.0 Å². The Labute approximate surface area is 126 Å². The summed E-state index contributed by atoms with van der Waals surface area (Å²) in [7, 11) is -3.65. The summed E-state index contributed by atoms with van der Waals surface area (Å²) in [5.41, 5.74) is 0. The molecule has 0 aliphatic carbocycles. The topological polar surface area (TPSA) is 46.2 Å². The Hall–Kier alpha value is 0.190. The molecule has 18 heavy (non-hydrogen) atoms. The molecule has 1 aromatic carbocycles. The molecule has 7 heteroatoms. The van der Waals surface area contributed by atoms with Crippen LogP contribution in [0.15, 0.2) is 23.1 Å². The van der Waals surface area contributed by atoms with E-state index in [-0.39, 0.29) is 20.8 Å². The number of halogens is 3. The van der Waals surface area contributed by atoms with Gasteiger partial charge < -0.3 is 0 Å². The molecule has 0 spiro atoms. The molecule has 0 aliphatic rings. The third-order valence-electron chi connectivity index (χ3n) is 2.22. The monoisotopic (exact) mass is 373 g/mol. The van der Waals surface area contributed by atoms with Gasteiger partial charge in [-0.05, 0) is 31.5 Å². The van der Waals surface area contributed by atoms with Crippen molar-refractivity contribution in [3.05, 3.63) is 28.2 Å². The van der Waals surface area contributed by atoms with E-state index in [9.17, 15) is 8.42 Å². The van der Waals surface area contributed by atoms with Crippen LogP contribution in [0.5, 0.6) is 0 Å². The molecule has 0 heterocycles. The fourth-order valence-corrected chi connectivity index (χ4v) is 4.13. The van der Waals surface area contributed by atoms with Crippen molar-refractivity contribution in [2.24, 2.45) is 0 Å². The van der Waals surface area contributed by atoms with Crippen molar-refractivity contribution in [2.75, 3.05) is 0 Å². The SMILES string of the molecule is CC(Br)CC(C)NS(=O)(=O)c1cc(Cl)ccc1Cl. The van der Waals surface area contributed by atoms with Crippen molar-refractivity contribution in [3.8, 4) is 0 Å². The van der Waals surface area contributed by atoms with E-state index < -0.39 is 10.0 Å². The van der Waals surface area contributed by atoms with Gasteiger partial charge in [-0.1, -0.05) is 46.1 Å². The maximum Gasteiger partial charge on any atom is 0.242 e. The zero-order valence-corrected chi connectivity index (χ0v) is 13.9. The first-order chi connectivity index (χ1) is 8.22. The van der Waals surface area contributed by atoms with Crippen LogP contribution in [0.4, 0.5) is 0 Å². The molecule has 3 nitrogen and oxygen atoms in total. The summed E-state index contributed by atoms with van der Waals surface area (Å²) in [6, 6.07) is 4.17. The van der Waals surface area contributed by atoms with E-state index in [1.54, 1.807) is 13.0 Å². The molecular formula is C11H14BrCl2NO2S. The lowest BCUT2D eigenvalue weighted by Crippen LogP contribution is -2.34. The van der Waals surface area contributed by atoms with E-state index in [0.29, 0.717) is 11.4 Å². The van der Waals surface area contributed by atoms with Crippen LogP contribution in [0.25, 0.3) is 0 Å². The maximum absolute atomic E-state index is 12.1. The lowest BCUT2D eigenvalue weighted by molar-refractivity contribution is 0.548. The van der Waals surface area contributed by atoms with Crippen molar-refractivity contribution in [1.82, 2.24) is 4.72 Å². The smallest absolute Gasteiger partial charge is 0.208 e. The Balaban J connectivity index is 2.96. The highest BCUT2D eigenvalue weighted by Crippen LogP contribution is 2.25. The van der Waals surface area contributed by atoms with Crippen LogP contribution in [0.1, 0.15) is 20.3 Å². The molecule has 0 saturated heterocycles. The molecule has 0 saturated carbocycles. The summed E-state index contributed by atoms with van der Waals surface area (Å²) < 4.78 is 26.8. The average Bonchev–Trinajstić information content (AvgIpc) is 2.19. The highest BCUT2D eigenvalue weighted by molar-refractivity contribution is 9.09. The lowest BCUT2D eigenvalue weighted by atomic mass is 10.2. The molecular weight excluding hydrogens is 361 g/mol. The Morgan fingerprint density at radius 2 is 1.94 bits per heavy atom. The second kappa shape index (κ2) is 6.57. The van der Waals surface area contributed by atoms with E-state index in [1.807, 2.05) is 6.92 Å². The second-order valence-electron chi connectivity index (χ2n) is 4.11. The van der Waals surface area contributed by atoms with E-state index in [4.69, 9.17) is 23.2 Å². The third-order valence-corrected chi connectivity index (χ3v) is 4.90. The number of alkyl halides is 1. The predicted octanol–water partition coefficient (Wildman–Crippen LogP) is 3.83. The number of sulfonamides is 1. The fourth-order valence-electron chi connectivity index (χ4n) is 1.55. The zero-order valence-electron chi connectivity index (χ0n) is 9.95. The molecule has 2 unspecified atom stereocenters. The van der Waals surface area contributed by atoms with Crippen LogP contribution >= 0.6 is 39.1 Å². The minimum atomic E-state index is -3.65. The number of nitrogens with one attached hydrogen (secondary N) is 1. The van der Waals surface area contributed by atoms with Crippen LogP contribution in [-0.4, -0.2) is 19.3 Å². The van der Waals surface area contributed by atoms with Crippen molar-refractivity contribution in [3.63, 3.8) is 0 Å². The van der Waals surface area contributed by atoms with Crippen molar-refractivity contribution >= 4 is 49.2 Å². The number of hydrogen-bond acceptors (Lipinski definition) is 2. The molecule has 0 aromatic heterocycles. The summed E-state index contributed by atoms with van der Waals surface area (Å²) in [5, 5.41) is 0.493. The highest BCUT2D eigenvalue weighted by atomic mass is 79.9. The van der Waals surface area contributed by atoms with Crippen LogP contribution in [0.3, 0.4) is 0 Å². The van der Waals surface area contributed by atoms with Gasteiger partial charge in [0.05, 0.1) is 5.02 Å². The van der Waals surface area contributed by atoms with E-state index in [0.717, 1.165) is 0 Å². The Bertz CT molecular complexity index is 520. The van der Waals surface area contributed by atoms with Crippen LogP contribution in [-0.2, 0) is 10.0 Å². The van der Waals surface area contributed by atoms with Crippen molar-refractivity contribution in [2.45, 2.75) is 36.0 Å². The molecule has 0 bridgehead atoms. The van der Waals surface area contributed by atoms with Gasteiger partial charge >= 0.3 is 0 Å². The molecule has 0 amide bonds. The highest BCUT2D eigenvalue weighted by Gasteiger charge is 2.21. The summed E-state index contributed by atoms with van der Waals surface area (Å²) in [4.78, 5) is 0.232. The van der Waals surface area contributed by atoms with E-state index in [2.05, 4.69) is 20.7 Å². The molecule has 0 aliphatic heterocycles. The molecule has 0 fully saturated rings. The minimum absolute atomic E-state index is 0.00532. The van der Waals surface area contributed by atoms with Crippen LogP contribution < -0.4 is 4.72 Å². The summed E-state index contributed by atoms with van der Waals surface area (Å²) in [5.74, 6) is 0. The lowest BCUT2D eigenvalue weighted by Gasteiger charge is -2.16. The van der Waals surface area contributed by atoms with Crippen LogP contribution in [0, 0.1) is 0 Å². The number of benzene rings is 1. The quantitative estimate of drug-likeness (QED) is 0.796. The van der Waals surface area contributed by atoms with Crippen molar-refractivity contribution < 1.29 is 8.42 Å². The maximum atomic E-state index is 12.1. The first-order valence-electron chi connectivity index (χ1n) is 5.34. The molecule has 0 radical (unpaired) electrons. The van der Waals surface area contributed by atoms with Crippen molar-refractivity contribution in [1.29, 1.82) is 0 Å². The Kier molecular flexibility index (Phi) is 5.93. The zero-order chi connectivity index (χ0) is 13.9. The molecule has 1 aromatic rings. The molecule has 2 atom stereocenters. The largest absolute Gasteiger partial charge is 0.242 e. The molecule has 102 valence electrons. The summed E-state index contributed by atoms with van der Waals surface area (Å²) >= 11 is 15.1. The van der Waals surface area contributed by atoms with Gasteiger partial charge in [-0.25, -0.2) is 13.1 Å².